The highest BCUT2D eigenvalue weighted by Gasteiger charge is 2.26. The summed E-state index contributed by atoms with van der Waals surface area (Å²) in [5, 5.41) is 3.49. The molecule has 0 saturated heterocycles. The molecule has 0 amide bonds. The van der Waals surface area contributed by atoms with Crippen molar-refractivity contribution in [2.45, 2.75) is 53.1 Å². The van der Waals surface area contributed by atoms with E-state index in [1.807, 2.05) is 0 Å². The first kappa shape index (κ1) is 16.9. The van der Waals surface area contributed by atoms with Crippen LogP contribution in [0, 0.1) is 5.41 Å². The fourth-order valence-corrected chi connectivity index (χ4v) is 1.79. The molecule has 0 aliphatic rings. The van der Waals surface area contributed by atoms with Crippen molar-refractivity contribution < 1.29 is 4.74 Å². The molecule has 1 N–H and O–H groups in total. The highest BCUT2D eigenvalue weighted by molar-refractivity contribution is 4.81. The number of hydrogen-bond acceptors (Lipinski definition) is 3. The van der Waals surface area contributed by atoms with Crippen LogP contribution in [0.1, 0.15) is 41.0 Å². The molecule has 3 heteroatoms. The minimum absolute atomic E-state index is 0.332. The molecule has 2 atom stereocenters. The van der Waals surface area contributed by atoms with E-state index in [2.05, 4.69) is 51.9 Å². The summed E-state index contributed by atoms with van der Waals surface area (Å²) in [7, 11) is 3.97. The van der Waals surface area contributed by atoms with Gasteiger partial charge in [0.25, 0.3) is 0 Å². The Balaban J connectivity index is 3.85. The van der Waals surface area contributed by atoms with Crippen molar-refractivity contribution in [1.82, 2.24) is 10.2 Å². The summed E-state index contributed by atoms with van der Waals surface area (Å²) >= 11 is 0. The monoisotopic (exact) mass is 244 g/mol. The zero-order valence-electron chi connectivity index (χ0n) is 12.8. The molecule has 0 aromatic rings. The molecule has 0 fully saturated rings. The second kappa shape index (κ2) is 8.06. The van der Waals surface area contributed by atoms with Gasteiger partial charge in [-0.2, -0.15) is 0 Å². The molecule has 17 heavy (non-hydrogen) atoms. The number of methoxy groups -OCH3 is 1. The minimum Gasteiger partial charge on any atom is -0.385 e. The fourth-order valence-electron chi connectivity index (χ4n) is 1.79. The molecule has 3 nitrogen and oxygen atoms in total. The van der Waals surface area contributed by atoms with E-state index in [0.717, 1.165) is 26.1 Å². The normalized spacial score (nSPS) is 16.2. The van der Waals surface area contributed by atoms with Crippen LogP contribution >= 0.6 is 0 Å². The van der Waals surface area contributed by atoms with Crippen molar-refractivity contribution >= 4 is 0 Å². The highest BCUT2D eigenvalue weighted by atomic mass is 16.5. The largest absolute Gasteiger partial charge is 0.385 e. The first-order valence-corrected chi connectivity index (χ1v) is 6.72. The van der Waals surface area contributed by atoms with Gasteiger partial charge in [-0.1, -0.05) is 20.8 Å². The van der Waals surface area contributed by atoms with Gasteiger partial charge in [0, 0.05) is 32.3 Å². The molecule has 104 valence electrons. The minimum atomic E-state index is 0.332. The second-order valence-corrected chi connectivity index (χ2v) is 6.11. The van der Waals surface area contributed by atoms with E-state index in [-0.39, 0.29) is 0 Å². The van der Waals surface area contributed by atoms with Crippen LogP contribution in [0.25, 0.3) is 0 Å². The average molecular weight is 244 g/mol. The lowest BCUT2D eigenvalue weighted by Crippen LogP contribution is -2.47. The van der Waals surface area contributed by atoms with E-state index >= 15 is 0 Å². The number of hydrogen-bond donors (Lipinski definition) is 1. The molecule has 0 aromatic carbocycles. The summed E-state index contributed by atoms with van der Waals surface area (Å²) in [4.78, 5) is 2.46. The van der Waals surface area contributed by atoms with E-state index in [9.17, 15) is 0 Å². The molecule has 2 unspecified atom stereocenters. The zero-order valence-corrected chi connectivity index (χ0v) is 12.8. The molecular weight excluding hydrogens is 212 g/mol. The Morgan fingerprint density at radius 2 is 1.82 bits per heavy atom. The van der Waals surface area contributed by atoms with E-state index < -0.39 is 0 Å². The molecule has 0 bridgehead atoms. The topological polar surface area (TPSA) is 24.5 Å². The van der Waals surface area contributed by atoms with E-state index in [4.69, 9.17) is 4.74 Å². The molecule has 0 spiro atoms. The number of rotatable bonds is 8. The molecule has 0 aliphatic heterocycles. The van der Waals surface area contributed by atoms with Gasteiger partial charge in [0.15, 0.2) is 0 Å². The van der Waals surface area contributed by atoms with E-state index in [1.54, 1.807) is 7.11 Å². The summed E-state index contributed by atoms with van der Waals surface area (Å²) in [6.07, 6.45) is 1.09. The van der Waals surface area contributed by atoms with E-state index in [1.165, 1.54) is 0 Å². The summed E-state index contributed by atoms with van der Waals surface area (Å²) in [5.74, 6) is 0. The maximum absolute atomic E-state index is 5.03. The first-order valence-electron chi connectivity index (χ1n) is 6.72. The third-order valence-electron chi connectivity index (χ3n) is 3.70. The highest BCUT2D eigenvalue weighted by Crippen LogP contribution is 2.24. The average Bonchev–Trinajstić information content (AvgIpc) is 2.25. The lowest BCUT2D eigenvalue weighted by Gasteiger charge is -2.39. The zero-order chi connectivity index (χ0) is 13.5. The van der Waals surface area contributed by atoms with Gasteiger partial charge in [-0.15, -0.1) is 0 Å². The fraction of sp³-hybridized carbons (Fsp3) is 1.00. The molecule has 0 aromatic heterocycles. The van der Waals surface area contributed by atoms with Crippen molar-refractivity contribution in [1.29, 1.82) is 0 Å². The second-order valence-electron chi connectivity index (χ2n) is 6.11. The maximum atomic E-state index is 5.03. The van der Waals surface area contributed by atoms with Gasteiger partial charge in [-0.25, -0.2) is 0 Å². The molecule has 0 aliphatic carbocycles. The van der Waals surface area contributed by atoms with Crippen molar-refractivity contribution in [3.8, 4) is 0 Å². The number of likely N-dealkylation sites (N-methyl/N-ethyl adjacent to an activating group) is 1. The van der Waals surface area contributed by atoms with Gasteiger partial charge < -0.3 is 10.1 Å². The first-order chi connectivity index (χ1) is 7.80. The Labute approximate surface area is 108 Å². The Morgan fingerprint density at radius 1 is 1.24 bits per heavy atom. The predicted octanol–water partition coefficient (Wildman–Crippen LogP) is 2.37. The van der Waals surface area contributed by atoms with Crippen LogP contribution in [0.5, 0.6) is 0 Å². The lowest BCUT2D eigenvalue weighted by atomic mass is 9.86. The van der Waals surface area contributed by atoms with Gasteiger partial charge in [0.05, 0.1) is 0 Å². The third kappa shape index (κ3) is 7.02. The smallest absolute Gasteiger partial charge is 0.0474 e. The predicted molar refractivity (Wildman–Crippen MR) is 75.5 cm³/mol. The van der Waals surface area contributed by atoms with Crippen LogP contribution < -0.4 is 5.32 Å². The summed E-state index contributed by atoms with van der Waals surface area (Å²) < 4.78 is 5.03. The SMILES string of the molecule is COCCCNCC(C)N(C)C(C)C(C)(C)C. The van der Waals surface area contributed by atoms with Crippen molar-refractivity contribution in [2.24, 2.45) is 5.41 Å². The van der Waals surface area contributed by atoms with Crippen molar-refractivity contribution in [3.63, 3.8) is 0 Å². The Hall–Kier alpha value is -0.120. The van der Waals surface area contributed by atoms with Crippen molar-refractivity contribution in [3.05, 3.63) is 0 Å². The van der Waals surface area contributed by atoms with Gasteiger partial charge in [0.1, 0.15) is 0 Å². The summed E-state index contributed by atoms with van der Waals surface area (Å²) in [6, 6.07) is 1.14. The van der Waals surface area contributed by atoms with Crippen LogP contribution in [-0.4, -0.2) is 50.8 Å². The van der Waals surface area contributed by atoms with Gasteiger partial charge >= 0.3 is 0 Å². The quantitative estimate of drug-likeness (QED) is 0.663. The van der Waals surface area contributed by atoms with Crippen LogP contribution in [0.3, 0.4) is 0 Å². The lowest BCUT2D eigenvalue weighted by molar-refractivity contribution is 0.103. The van der Waals surface area contributed by atoms with Gasteiger partial charge in [-0.05, 0) is 39.3 Å². The number of ether oxygens (including phenoxy) is 1. The van der Waals surface area contributed by atoms with Crippen LogP contribution in [0.15, 0.2) is 0 Å². The molecule has 0 heterocycles. The maximum Gasteiger partial charge on any atom is 0.0474 e. The Morgan fingerprint density at radius 3 is 2.29 bits per heavy atom. The third-order valence-corrected chi connectivity index (χ3v) is 3.70. The van der Waals surface area contributed by atoms with E-state index in [0.29, 0.717) is 17.5 Å². The summed E-state index contributed by atoms with van der Waals surface area (Å²) in [6.45, 7) is 14.4. The number of nitrogens with zero attached hydrogens (tertiary/aromatic N) is 1. The summed E-state index contributed by atoms with van der Waals surface area (Å²) in [5.41, 5.74) is 0.332. The molecule has 0 saturated carbocycles. The van der Waals surface area contributed by atoms with Gasteiger partial charge in [-0.3, -0.25) is 4.90 Å². The standard InChI is InChI=1S/C14H32N2O/c1-12(11-15-9-8-10-17-7)16(6)13(2)14(3,4)5/h12-13,15H,8-11H2,1-7H3. The molecular formula is C14H32N2O. The molecule has 0 radical (unpaired) electrons. The Bertz CT molecular complexity index is 189. The number of nitrogens with one attached hydrogen (secondary N) is 1. The van der Waals surface area contributed by atoms with Crippen molar-refractivity contribution in [2.75, 3.05) is 33.9 Å². The molecule has 0 rings (SSSR count). The van der Waals surface area contributed by atoms with Crippen LogP contribution in [-0.2, 0) is 4.74 Å². The Kier molecular flexibility index (Phi) is 8.01. The van der Waals surface area contributed by atoms with Crippen LogP contribution in [0.4, 0.5) is 0 Å². The van der Waals surface area contributed by atoms with Gasteiger partial charge in [0.2, 0.25) is 0 Å². The van der Waals surface area contributed by atoms with Crippen LogP contribution in [0.2, 0.25) is 0 Å².